The summed E-state index contributed by atoms with van der Waals surface area (Å²) in [5.74, 6) is 1.99. The lowest BCUT2D eigenvalue weighted by Gasteiger charge is -2.35. The van der Waals surface area contributed by atoms with E-state index in [1.54, 1.807) is 6.20 Å². The van der Waals surface area contributed by atoms with E-state index < -0.39 is 0 Å². The van der Waals surface area contributed by atoms with Gasteiger partial charge in [-0.1, -0.05) is 6.07 Å². The first-order valence-corrected chi connectivity index (χ1v) is 11.8. The predicted molar refractivity (Wildman–Crippen MR) is 124 cm³/mol. The predicted octanol–water partition coefficient (Wildman–Crippen LogP) is 3.55. The highest BCUT2D eigenvalue weighted by atomic mass is 32.1. The van der Waals surface area contributed by atoms with E-state index in [-0.39, 0.29) is 5.91 Å². The highest BCUT2D eigenvalue weighted by Gasteiger charge is 2.24. The van der Waals surface area contributed by atoms with Crippen LogP contribution in [0.3, 0.4) is 0 Å². The number of piperazine rings is 1. The van der Waals surface area contributed by atoms with Gasteiger partial charge in [0.25, 0.3) is 5.91 Å². The Bertz CT molecular complexity index is 1010. The number of nitrogens with zero attached hydrogens (tertiary/aromatic N) is 6. The number of carbonyl (C=O) groups excluding carboxylic acids is 1. The molecule has 0 atom stereocenters. The van der Waals surface area contributed by atoms with Crippen molar-refractivity contribution in [2.24, 2.45) is 0 Å². The molecule has 5 rings (SSSR count). The van der Waals surface area contributed by atoms with E-state index in [2.05, 4.69) is 36.9 Å². The van der Waals surface area contributed by atoms with E-state index in [9.17, 15) is 4.79 Å². The molecule has 2 aliphatic heterocycles. The highest BCUT2D eigenvalue weighted by molar-refractivity contribution is 7.13. The summed E-state index contributed by atoms with van der Waals surface area (Å²) in [6.07, 6.45) is 7.46. The van der Waals surface area contributed by atoms with Gasteiger partial charge in [-0.15, -0.1) is 11.3 Å². The van der Waals surface area contributed by atoms with Gasteiger partial charge in [0.1, 0.15) is 22.3 Å². The smallest absolute Gasteiger partial charge is 0.273 e. The molecule has 1 amide bonds. The van der Waals surface area contributed by atoms with Gasteiger partial charge in [-0.05, 0) is 43.5 Å². The normalized spacial score (nSPS) is 17.1. The molecule has 0 unspecified atom stereocenters. The molecule has 2 fully saturated rings. The minimum absolute atomic E-state index is 0.000988. The third-order valence-electron chi connectivity index (χ3n) is 5.94. The van der Waals surface area contributed by atoms with Gasteiger partial charge in [-0.3, -0.25) is 4.79 Å². The Morgan fingerprint density at radius 2 is 1.61 bits per heavy atom. The maximum absolute atomic E-state index is 13.0. The quantitative estimate of drug-likeness (QED) is 0.626. The number of thiazole rings is 1. The summed E-state index contributed by atoms with van der Waals surface area (Å²) >= 11 is 1.50. The van der Waals surface area contributed by atoms with Crippen molar-refractivity contribution in [2.45, 2.75) is 19.3 Å². The van der Waals surface area contributed by atoms with Crippen molar-refractivity contribution < 1.29 is 4.79 Å². The molecule has 0 bridgehead atoms. The summed E-state index contributed by atoms with van der Waals surface area (Å²) in [7, 11) is 0. The Kier molecular flexibility index (Phi) is 5.80. The van der Waals surface area contributed by atoms with Gasteiger partial charge in [0.15, 0.2) is 0 Å². The van der Waals surface area contributed by atoms with E-state index in [1.165, 1.54) is 30.6 Å². The minimum atomic E-state index is 0.000988. The summed E-state index contributed by atoms with van der Waals surface area (Å²) in [4.78, 5) is 33.1. The topological polar surface area (TPSA) is 65.5 Å². The summed E-state index contributed by atoms with van der Waals surface area (Å²) in [5, 5.41) is 2.70. The number of anilines is 2. The molecule has 160 valence electrons. The lowest BCUT2D eigenvalue weighted by Crippen LogP contribution is -2.49. The third kappa shape index (κ3) is 4.39. The van der Waals surface area contributed by atoms with Crippen molar-refractivity contribution in [3.8, 4) is 10.6 Å². The second-order valence-electron chi connectivity index (χ2n) is 7.96. The van der Waals surface area contributed by atoms with E-state index in [4.69, 9.17) is 0 Å². The van der Waals surface area contributed by atoms with Crippen LogP contribution in [0.15, 0.2) is 48.1 Å². The molecule has 0 radical (unpaired) electrons. The highest BCUT2D eigenvalue weighted by Crippen LogP contribution is 2.26. The van der Waals surface area contributed by atoms with Crippen molar-refractivity contribution in [1.82, 2.24) is 19.9 Å². The summed E-state index contributed by atoms with van der Waals surface area (Å²) in [6.45, 7) is 5.07. The van der Waals surface area contributed by atoms with Crippen LogP contribution in [0.5, 0.6) is 0 Å². The van der Waals surface area contributed by atoms with Crippen molar-refractivity contribution >= 4 is 28.9 Å². The van der Waals surface area contributed by atoms with Crippen LogP contribution in [0.25, 0.3) is 10.6 Å². The van der Waals surface area contributed by atoms with Gasteiger partial charge in [-0.25, -0.2) is 15.0 Å². The number of pyridine rings is 2. The Hall–Kier alpha value is -3.00. The van der Waals surface area contributed by atoms with Crippen molar-refractivity contribution in [3.63, 3.8) is 0 Å². The number of hydrogen-bond donors (Lipinski definition) is 0. The molecule has 0 aliphatic carbocycles. The molecule has 7 nitrogen and oxygen atoms in total. The van der Waals surface area contributed by atoms with Gasteiger partial charge in [0.05, 0.1) is 0 Å². The zero-order chi connectivity index (χ0) is 21.0. The maximum atomic E-state index is 13.0. The van der Waals surface area contributed by atoms with Crippen LogP contribution in [-0.2, 0) is 0 Å². The van der Waals surface area contributed by atoms with Crippen LogP contribution in [0.1, 0.15) is 29.8 Å². The van der Waals surface area contributed by atoms with Crippen molar-refractivity contribution in [3.05, 3.63) is 53.8 Å². The molecule has 31 heavy (non-hydrogen) atoms. The first kappa shape index (κ1) is 19.9. The summed E-state index contributed by atoms with van der Waals surface area (Å²) < 4.78 is 0. The Morgan fingerprint density at radius 1 is 0.839 bits per heavy atom. The van der Waals surface area contributed by atoms with Crippen LogP contribution in [0.2, 0.25) is 0 Å². The molecule has 0 N–H and O–H groups in total. The zero-order valence-corrected chi connectivity index (χ0v) is 18.3. The molecule has 2 saturated heterocycles. The largest absolute Gasteiger partial charge is 0.357 e. The second-order valence-corrected chi connectivity index (χ2v) is 8.82. The number of carbonyl (C=O) groups is 1. The molecular formula is C23H26N6OS. The monoisotopic (exact) mass is 434 g/mol. The van der Waals surface area contributed by atoms with Crippen molar-refractivity contribution in [2.75, 3.05) is 49.1 Å². The minimum Gasteiger partial charge on any atom is -0.357 e. The third-order valence-corrected chi connectivity index (χ3v) is 6.83. The van der Waals surface area contributed by atoms with Gasteiger partial charge >= 0.3 is 0 Å². The van der Waals surface area contributed by atoms with Crippen LogP contribution >= 0.6 is 11.3 Å². The number of aromatic nitrogens is 3. The van der Waals surface area contributed by atoms with E-state index in [0.717, 1.165) is 48.4 Å². The first-order chi connectivity index (χ1) is 15.3. The lowest BCUT2D eigenvalue weighted by atomic mass is 10.1. The fourth-order valence-corrected chi connectivity index (χ4v) is 4.95. The molecule has 8 heteroatoms. The molecule has 5 heterocycles. The van der Waals surface area contributed by atoms with E-state index in [0.29, 0.717) is 18.8 Å². The summed E-state index contributed by atoms with van der Waals surface area (Å²) in [6, 6.07) is 10.1. The SMILES string of the molecule is O=C(c1csc(-c2ccc(N3CCCCC3)nc2)n1)N1CCN(c2ccccn2)CC1. The van der Waals surface area contributed by atoms with Crippen LogP contribution in [-0.4, -0.2) is 65.0 Å². The average molecular weight is 435 g/mol. The van der Waals surface area contributed by atoms with Crippen molar-refractivity contribution in [1.29, 1.82) is 0 Å². The standard InChI is InChI=1S/C23H26N6OS/c30-23(29-14-12-28(13-15-29)20-6-2-3-9-24-20)19-17-31-22(26-19)18-7-8-21(25-16-18)27-10-4-1-5-11-27/h2-3,6-9,16-17H,1,4-5,10-15H2. The van der Waals surface area contributed by atoms with Crippen LogP contribution < -0.4 is 9.80 Å². The summed E-state index contributed by atoms with van der Waals surface area (Å²) in [5.41, 5.74) is 1.48. The lowest BCUT2D eigenvalue weighted by molar-refractivity contribution is 0.0741. The van der Waals surface area contributed by atoms with Gasteiger partial charge in [-0.2, -0.15) is 0 Å². The average Bonchev–Trinajstić information content (AvgIpc) is 3.35. The van der Waals surface area contributed by atoms with Gasteiger partial charge in [0, 0.05) is 62.6 Å². The fraction of sp³-hybridized carbons (Fsp3) is 0.391. The maximum Gasteiger partial charge on any atom is 0.273 e. The fourth-order valence-electron chi connectivity index (χ4n) is 4.17. The molecule has 0 spiro atoms. The number of piperidine rings is 1. The van der Waals surface area contributed by atoms with Gasteiger partial charge in [0.2, 0.25) is 0 Å². The van der Waals surface area contributed by atoms with Crippen LogP contribution in [0, 0.1) is 0 Å². The number of amides is 1. The molecule has 2 aliphatic rings. The second kappa shape index (κ2) is 9.01. The van der Waals surface area contributed by atoms with E-state index in [1.807, 2.05) is 34.7 Å². The van der Waals surface area contributed by atoms with E-state index >= 15 is 0 Å². The molecule has 0 aromatic carbocycles. The molecule has 3 aromatic rings. The first-order valence-electron chi connectivity index (χ1n) is 10.9. The number of rotatable bonds is 4. The Balaban J connectivity index is 1.22. The Morgan fingerprint density at radius 3 is 2.32 bits per heavy atom. The number of hydrogen-bond acceptors (Lipinski definition) is 7. The Labute approximate surface area is 186 Å². The van der Waals surface area contributed by atoms with Crippen LogP contribution in [0.4, 0.5) is 11.6 Å². The zero-order valence-electron chi connectivity index (χ0n) is 17.5. The molecular weight excluding hydrogens is 408 g/mol. The van der Waals surface area contributed by atoms with Gasteiger partial charge < -0.3 is 14.7 Å². The molecule has 3 aromatic heterocycles. The molecule has 0 saturated carbocycles.